The molecule has 0 spiro atoms. The second-order valence-electron chi connectivity index (χ2n) is 4.86. The number of benzene rings is 3. The molecule has 0 aliphatic carbocycles. The quantitative estimate of drug-likeness (QED) is 0.614. The van der Waals surface area contributed by atoms with E-state index >= 15 is 0 Å². The van der Waals surface area contributed by atoms with Crippen molar-refractivity contribution in [2.45, 2.75) is 0 Å². The minimum Gasteiger partial charge on any atom is -0.354 e. The number of para-hydroxylation sites is 1. The molecule has 4 heteroatoms. The Labute approximate surface area is 127 Å². The predicted octanol–water partition coefficient (Wildman–Crippen LogP) is 4.48. The Morgan fingerprint density at radius 3 is 2.50 bits per heavy atom. The number of nitrogens with one attached hydrogen (secondary N) is 1. The maximum atomic E-state index is 6.90. The van der Waals surface area contributed by atoms with E-state index in [1.54, 1.807) is 0 Å². The van der Waals surface area contributed by atoms with Crippen LogP contribution in [0.3, 0.4) is 0 Å². The van der Waals surface area contributed by atoms with Gasteiger partial charge < -0.3 is 5.32 Å². The normalized spacial score (nSPS) is 20.1. The van der Waals surface area contributed by atoms with E-state index in [0.717, 1.165) is 27.4 Å². The van der Waals surface area contributed by atoms with Crippen molar-refractivity contribution in [2.75, 3.05) is 5.32 Å². The highest BCUT2D eigenvalue weighted by Crippen LogP contribution is 2.56. The highest BCUT2D eigenvalue weighted by molar-refractivity contribution is 8.34. The van der Waals surface area contributed by atoms with Crippen molar-refractivity contribution in [1.82, 2.24) is 0 Å². The first-order valence-electron chi connectivity index (χ1n) is 6.36. The van der Waals surface area contributed by atoms with Crippen LogP contribution in [0.15, 0.2) is 60.7 Å². The summed E-state index contributed by atoms with van der Waals surface area (Å²) >= 11 is 12.8. The summed E-state index contributed by atoms with van der Waals surface area (Å²) in [7, 11) is 0. The first-order chi connectivity index (χ1) is 9.68. The van der Waals surface area contributed by atoms with Crippen molar-refractivity contribution in [1.29, 1.82) is 0 Å². The molecule has 1 unspecified atom stereocenters. The summed E-state index contributed by atoms with van der Waals surface area (Å²) in [5, 5.41) is 5.68. The van der Waals surface area contributed by atoms with Gasteiger partial charge in [-0.1, -0.05) is 71.6 Å². The lowest BCUT2D eigenvalue weighted by Crippen LogP contribution is -2.24. The molecule has 1 atom stereocenters. The second kappa shape index (κ2) is 4.33. The number of fused-ring (bicyclic) bond motifs is 4. The summed E-state index contributed by atoms with van der Waals surface area (Å²) in [5.41, 5.74) is 2.08. The standard InChI is InChI=1S/C16H11ClNPS/c17-19(20)15-8-4-3-7-13(15)18-14-10-9-11-5-1-2-6-12(11)16(14)19/h1-10,18H. The monoisotopic (exact) mass is 315 g/mol. The Balaban J connectivity index is 2.13. The van der Waals surface area contributed by atoms with Crippen LogP contribution in [0.2, 0.25) is 0 Å². The Morgan fingerprint density at radius 1 is 0.850 bits per heavy atom. The summed E-state index contributed by atoms with van der Waals surface area (Å²) in [4.78, 5) is 0. The van der Waals surface area contributed by atoms with Gasteiger partial charge in [-0.25, -0.2) is 0 Å². The molecule has 1 aliphatic heterocycles. The van der Waals surface area contributed by atoms with Gasteiger partial charge in [-0.05, 0) is 22.9 Å². The molecular formula is C16H11ClNPS. The molecule has 4 rings (SSSR count). The third kappa shape index (κ3) is 1.66. The Kier molecular flexibility index (Phi) is 2.68. The lowest BCUT2D eigenvalue weighted by Gasteiger charge is -2.29. The van der Waals surface area contributed by atoms with E-state index in [0.29, 0.717) is 0 Å². The lowest BCUT2D eigenvalue weighted by molar-refractivity contribution is 1.60. The van der Waals surface area contributed by atoms with E-state index in [2.05, 4.69) is 29.6 Å². The molecule has 0 saturated heterocycles. The molecule has 1 N–H and O–H groups in total. The van der Waals surface area contributed by atoms with Gasteiger partial charge in [-0.2, -0.15) is 0 Å². The van der Waals surface area contributed by atoms with Gasteiger partial charge in [0.05, 0.1) is 5.39 Å². The van der Waals surface area contributed by atoms with E-state index in [1.807, 2.05) is 36.4 Å². The molecule has 3 aromatic rings. The zero-order valence-corrected chi connectivity index (χ0v) is 13.0. The Hall–Kier alpha value is -1.34. The molecule has 1 nitrogen and oxygen atoms in total. The van der Waals surface area contributed by atoms with Crippen LogP contribution < -0.4 is 15.9 Å². The maximum absolute atomic E-state index is 6.90. The highest BCUT2D eigenvalue weighted by Gasteiger charge is 2.31. The molecule has 0 saturated carbocycles. The van der Waals surface area contributed by atoms with E-state index in [-0.39, 0.29) is 0 Å². The predicted molar refractivity (Wildman–Crippen MR) is 93.1 cm³/mol. The number of rotatable bonds is 0. The topological polar surface area (TPSA) is 12.0 Å². The molecule has 1 aliphatic rings. The van der Waals surface area contributed by atoms with E-state index in [4.69, 9.17) is 23.0 Å². The summed E-state index contributed by atoms with van der Waals surface area (Å²) in [5.74, 6) is 0. The van der Waals surface area contributed by atoms with Gasteiger partial charge in [0.25, 0.3) is 0 Å². The van der Waals surface area contributed by atoms with Crippen LogP contribution in [0.4, 0.5) is 11.4 Å². The third-order valence-electron chi connectivity index (χ3n) is 3.67. The van der Waals surface area contributed by atoms with E-state index in [9.17, 15) is 0 Å². The molecule has 98 valence electrons. The van der Waals surface area contributed by atoms with Gasteiger partial charge in [0.1, 0.15) is 0 Å². The largest absolute Gasteiger partial charge is 0.354 e. The van der Waals surface area contributed by atoms with Gasteiger partial charge in [-0.3, -0.25) is 0 Å². The van der Waals surface area contributed by atoms with Crippen molar-refractivity contribution < 1.29 is 0 Å². The zero-order valence-electron chi connectivity index (χ0n) is 10.5. The number of halogens is 1. The minimum absolute atomic E-state index is 1.04. The third-order valence-corrected chi connectivity index (χ3v) is 7.93. The molecule has 0 radical (unpaired) electrons. The fraction of sp³-hybridized carbons (Fsp3) is 0. The van der Waals surface area contributed by atoms with Crippen molar-refractivity contribution in [3.05, 3.63) is 60.7 Å². The van der Waals surface area contributed by atoms with Crippen LogP contribution in [0.5, 0.6) is 0 Å². The SMILES string of the molecule is S=P1(Cl)c2ccccc2Nc2ccc3ccccc3c21. The minimum atomic E-state index is -2.27. The fourth-order valence-corrected chi connectivity index (χ4v) is 6.73. The fourth-order valence-electron chi connectivity index (χ4n) is 2.76. The summed E-state index contributed by atoms with van der Waals surface area (Å²) in [6.07, 6.45) is 0. The molecular weight excluding hydrogens is 305 g/mol. The van der Waals surface area contributed by atoms with Crippen LogP contribution in [0.1, 0.15) is 0 Å². The summed E-state index contributed by atoms with van der Waals surface area (Å²) in [6.45, 7) is 0. The van der Waals surface area contributed by atoms with E-state index < -0.39 is 5.39 Å². The van der Waals surface area contributed by atoms with Crippen LogP contribution in [-0.4, -0.2) is 0 Å². The number of anilines is 2. The van der Waals surface area contributed by atoms with Gasteiger partial charge in [0, 0.05) is 22.0 Å². The Bertz CT molecular complexity index is 891. The van der Waals surface area contributed by atoms with Crippen molar-refractivity contribution in [2.24, 2.45) is 0 Å². The van der Waals surface area contributed by atoms with Gasteiger partial charge >= 0.3 is 0 Å². The van der Waals surface area contributed by atoms with Crippen molar-refractivity contribution in [3.8, 4) is 0 Å². The average molecular weight is 316 g/mol. The molecule has 3 aromatic carbocycles. The second-order valence-corrected chi connectivity index (χ2v) is 10.6. The van der Waals surface area contributed by atoms with Gasteiger partial charge in [-0.15, -0.1) is 0 Å². The molecule has 0 aromatic heterocycles. The van der Waals surface area contributed by atoms with Crippen molar-refractivity contribution in [3.63, 3.8) is 0 Å². The van der Waals surface area contributed by atoms with Crippen molar-refractivity contribution >= 4 is 61.2 Å². The summed E-state index contributed by atoms with van der Waals surface area (Å²) in [6, 6.07) is 20.6. The van der Waals surface area contributed by atoms with Crippen LogP contribution in [-0.2, 0) is 11.8 Å². The Morgan fingerprint density at radius 2 is 1.60 bits per heavy atom. The number of hydrogen-bond donors (Lipinski definition) is 1. The maximum Gasteiger partial charge on any atom is 0.0977 e. The average Bonchev–Trinajstić information content (AvgIpc) is 2.46. The molecule has 0 amide bonds. The zero-order chi connectivity index (χ0) is 13.7. The first-order valence-corrected chi connectivity index (χ1v) is 10.1. The molecule has 1 heterocycles. The molecule has 0 fully saturated rings. The van der Waals surface area contributed by atoms with Gasteiger partial charge in [0.15, 0.2) is 0 Å². The first kappa shape index (κ1) is 12.4. The lowest BCUT2D eigenvalue weighted by atomic mass is 10.1. The van der Waals surface area contributed by atoms with Gasteiger partial charge in [0.2, 0.25) is 0 Å². The van der Waals surface area contributed by atoms with Crippen LogP contribution >= 0.6 is 16.6 Å². The number of hydrogen-bond acceptors (Lipinski definition) is 2. The van der Waals surface area contributed by atoms with E-state index in [1.165, 1.54) is 5.39 Å². The summed E-state index contributed by atoms with van der Waals surface area (Å²) < 4.78 is 0. The smallest absolute Gasteiger partial charge is 0.0977 e. The van der Waals surface area contributed by atoms with Crippen LogP contribution in [0, 0.1) is 0 Å². The molecule has 20 heavy (non-hydrogen) atoms. The molecule has 0 bridgehead atoms. The van der Waals surface area contributed by atoms with Crippen LogP contribution in [0.25, 0.3) is 10.8 Å². The highest BCUT2D eigenvalue weighted by atomic mass is 35.7.